The Bertz CT molecular complexity index is 579. The largest absolute Gasteiger partial charge is 0.481 e. The Hall–Kier alpha value is -2.10. The standard InChI is InChI=1S/C16H17NO3/c18-15(11-6-2-1-3-7-11)17-10-13(16(19)20)12-8-4-5-9-14(12)17/h1-2,4-5,8-9,11,13H,3,6-7,10H2,(H,19,20)/t11-,13-/m1/s1. The summed E-state index contributed by atoms with van der Waals surface area (Å²) in [5.74, 6) is -1.42. The van der Waals surface area contributed by atoms with Gasteiger partial charge in [0.2, 0.25) is 5.91 Å². The fourth-order valence-electron chi connectivity index (χ4n) is 3.07. The molecule has 1 amide bonds. The topological polar surface area (TPSA) is 57.6 Å². The van der Waals surface area contributed by atoms with Crippen LogP contribution < -0.4 is 4.90 Å². The van der Waals surface area contributed by atoms with Gasteiger partial charge < -0.3 is 10.0 Å². The molecule has 1 aromatic rings. The maximum atomic E-state index is 12.6. The highest BCUT2D eigenvalue weighted by molar-refractivity contribution is 6.00. The van der Waals surface area contributed by atoms with Crippen LogP contribution in [-0.2, 0) is 9.59 Å². The van der Waals surface area contributed by atoms with E-state index in [2.05, 4.69) is 6.08 Å². The number of rotatable bonds is 2. The number of para-hydroxylation sites is 1. The van der Waals surface area contributed by atoms with Crippen molar-refractivity contribution in [1.82, 2.24) is 0 Å². The molecular weight excluding hydrogens is 254 g/mol. The molecule has 4 nitrogen and oxygen atoms in total. The second-order valence-electron chi connectivity index (χ2n) is 5.38. The molecule has 0 unspecified atom stereocenters. The van der Waals surface area contributed by atoms with Gasteiger partial charge in [-0.25, -0.2) is 0 Å². The van der Waals surface area contributed by atoms with Crippen LogP contribution in [0.5, 0.6) is 0 Å². The van der Waals surface area contributed by atoms with Crippen molar-refractivity contribution < 1.29 is 14.7 Å². The molecule has 20 heavy (non-hydrogen) atoms. The average molecular weight is 271 g/mol. The predicted molar refractivity (Wildman–Crippen MR) is 75.7 cm³/mol. The third-order valence-corrected chi connectivity index (χ3v) is 4.15. The summed E-state index contributed by atoms with van der Waals surface area (Å²) in [6.45, 7) is 0.258. The zero-order valence-electron chi connectivity index (χ0n) is 11.2. The van der Waals surface area contributed by atoms with Crippen molar-refractivity contribution in [1.29, 1.82) is 0 Å². The summed E-state index contributed by atoms with van der Waals surface area (Å²) < 4.78 is 0. The van der Waals surface area contributed by atoms with Gasteiger partial charge in [0, 0.05) is 18.2 Å². The minimum atomic E-state index is -0.865. The maximum absolute atomic E-state index is 12.6. The van der Waals surface area contributed by atoms with Gasteiger partial charge in [-0.2, -0.15) is 0 Å². The number of carbonyl (C=O) groups excluding carboxylic acids is 1. The normalized spacial score (nSPS) is 24.5. The Morgan fingerprint density at radius 1 is 1.20 bits per heavy atom. The second kappa shape index (κ2) is 5.12. The van der Waals surface area contributed by atoms with Crippen LogP contribution >= 0.6 is 0 Å². The number of amides is 1. The Kier molecular flexibility index (Phi) is 3.30. The zero-order valence-corrected chi connectivity index (χ0v) is 11.2. The molecule has 1 N–H and O–H groups in total. The molecule has 0 spiro atoms. The first-order valence-electron chi connectivity index (χ1n) is 6.96. The molecule has 1 heterocycles. The molecule has 0 aromatic heterocycles. The Morgan fingerprint density at radius 2 is 2.00 bits per heavy atom. The monoisotopic (exact) mass is 271 g/mol. The number of carboxylic acids is 1. The Balaban J connectivity index is 1.90. The van der Waals surface area contributed by atoms with Gasteiger partial charge in [-0.1, -0.05) is 30.4 Å². The van der Waals surface area contributed by atoms with Gasteiger partial charge in [0.1, 0.15) is 5.92 Å². The molecule has 2 aliphatic rings. The number of allylic oxidation sites excluding steroid dienone is 2. The van der Waals surface area contributed by atoms with Crippen molar-refractivity contribution in [3.05, 3.63) is 42.0 Å². The Labute approximate surface area is 117 Å². The summed E-state index contributed by atoms with van der Waals surface area (Å²) in [7, 11) is 0. The van der Waals surface area contributed by atoms with Crippen LogP contribution in [0.15, 0.2) is 36.4 Å². The lowest BCUT2D eigenvalue weighted by molar-refractivity contribution is -0.138. The number of hydrogen-bond donors (Lipinski definition) is 1. The van der Waals surface area contributed by atoms with Crippen molar-refractivity contribution in [2.75, 3.05) is 11.4 Å². The van der Waals surface area contributed by atoms with Crippen LogP contribution in [0.3, 0.4) is 0 Å². The Morgan fingerprint density at radius 3 is 2.70 bits per heavy atom. The van der Waals surface area contributed by atoms with Crippen molar-refractivity contribution in [2.24, 2.45) is 5.92 Å². The lowest BCUT2D eigenvalue weighted by atomic mass is 9.93. The van der Waals surface area contributed by atoms with Crippen LogP contribution in [-0.4, -0.2) is 23.5 Å². The van der Waals surface area contributed by atoms with E-state index >= 15 is 0 Å². The van der Waals surface area contributed by atoms with Gasteiger partial charge in [0.05, 0.1) is 0 Å². The third-order valence-electron chi connectivity index (χ3n) is 4.15. The third kappa shape index (κ3) is 2.11. The van der Waals surface area contributed by atoms with E-state index in [1.807, 2.05) is 30.3 Å². The number of carbonyl (C=O) groups is 2. The first-order valence-corrected chi connectivity index (χ1v) is 6.96. The van der Waals surface area contributed by atoms with Crippen LogP contribution in [0.4, 0.5) is 5.69 Å². The molecule has 104 valence electrons. The first-order chi connectivity index (χ1) is 9.68. The van der Waals surface area contributed by atoms with E-state index in [0.717, 1.165) is 30.5 Å². The van der Waals surface area contributed by atoms with Gasteiger partial charge in [-0.05, 0) is 30.9 Å². The summed E-state index contributed by atoms with van der Waals surface area (Å²) in [6, 6.07) is 7.33. The number of benzene rings is 1. The SMILES string of the molecule is O=C(O)[C@@H]1CN(C(=O)[C@@H]2CC=CCC2)c2ccccc21. The predicted octanol–water partition coefficient (Wildman–Crippen LogP) is 2.56. The molecule has 0 bridgehead atoms. The van der Waals surface area contributed by atoms with E-state index < -0.39 is 11.9 Å². The van der Waals surface area contributed by atoms with E-state index in [4.69, 9.17) is 0 Å². The summed E-state index contributed by atoms with van der Waals surface area (Å²) in [5.41, 5.74) is 1.51. The van der Waals surface area contributed by atoms with Crippen LogP contribution in [0, 0.1) is 5.92 Å². The number of nitrogens with zero attached hydrogens (tertiary/aromatic N) is 1. The molecule has 0 saturated heterocycles. The molecule has 2 atom stereocenters. The molecular formula is C16H17NO3. The van der Waals surface area contributed by atoms with E-state index in [-0.39, 0.29) is 18.4 Å². The van der Waals surface area contributed by atoms with Crippen molar-refractivity contribution in [3.63, 3.8) is 0 Å². The molecule has 0 saturated carbocycles. The highest BCUT2D eigenvalue weighted by Crippen LogP contribution is 2.38. The molecule has 0 fully saturated rings. The van der Waals surface area contributed by atoms with Crippen molar-refractivity contribution in [2.45, 2.75) is 25.2 Å². The van der Waals surface area contributed by atoms with E-state index in [1.54, 1.807) is 4.90 Å². The molecule has 4 heteroatoms. The van der Waals surface area contributed by atoms with E-state index in [9.17, 15) is 14.7 Å². The number of anilines is 1. The summed E-state index contributed by atoms with van der Waals surface area (Å²) >= 11 is 0. The number of fused-ring (bicyclic) bond motifs is 1. The lowest BCUT2D eigenvalue weighted by Crippen LogP contribution is -2.36. The first kappa shape index (κ1) is 12.9. The molecule has 0 radical (unpaired) electrons. The van der Waals surface area contributed by atoms with E-state index in [0.29, 0.717) is 0 Å². The molecule has 1 aliphatic carbocycles. The number of hydrogen-bond acceptors (Lipinski definition) is 2. The van der Waals surface area contributed by atoms with Crippen LogP contribution in [0.25, 0.3) is 0 Å². The smallest absolute Gasteiger partial charge is 0.312 e. The van der Waals surface area contributed by atoms with E-state index in [1.165, 1.54) is 0 Å². The molecule has 1 aliphatic heterocycles. The summed E-state index contributed by atoms with van der Waals surface area (Å²) in [5, 5.41) is 9.32. The average Bonchev–Trinajstić information content (AvgIpc) is 2.87. The fraction of sp³-hybridized carbons (Fsp3) is 0.375. The van der Waals surface area contributed by atoms with Crippen LogP contribution in [0.2, 0.25) is 0 Å². The van der Waals surface area contributed by atoms with Gasteiger partial charge in [0.15, 0.2) is 0 Å². The number of aliphatic carboxylic acids is 1. The molecule has 1 aromatic carbocycles. The van der Waals surface area contributed by atoms with Gasteiger partial charge in [-0.15, -0.1) is 0 Å². The summed E-state index contributed by atoms with van der Waals surface area (Å²) in [6.07, 6.45) is 6.68. The zero-order chi connectivity index (χ0) is 14.1. The minimum absolute atomic E-state index is 0.0133. The fourth-order valence-corrected chi connectivity index (χ4v) is 3.07. The second-order valence-corrected chi connectivity index (χ2v) is 5.38. The maximum Gasteiger partial charge on any atom is 0.312 e. The van der Waals surface area contributed by atoms with Crippen molar-refractivity contribution >= 4 is 17.6 Å². The van der Waals surface area contributed by atoms with Gasteiger partial charge in [-0.3, -0.25) is 9.59 Å². The highest BCUT2D eigenvalue weighted by Gasteiger charge is 2.38. The quantitative estimate of drug-likeness (QED) is 0.841. The van der Waals surface area contributed by atoms with Crippen molar-refractivity contribution in [3.8, 4) is 0 Å². The molecule has 3 rings (SSSR count). The lowest BCUT2D eigenvalue weighted by Gasteiger charge is -2.24. The van der Waals surface area contributed by atoms with Crippen LogP contribution in [0.1, 0.15) is 30.7 Å². The van der Waals surface area contributed by atoms with Gasteiger partial charge in [0.25, 0.3) is 0 Å². The van der Waals surface area contributed by atoms with Gasteiger partial charge >= 0.3 is 5.97 Å². The number of carboxylic acid groups (broad SMARTS) is 1. The summed E-state index contributed by atoms with van der Waals surface area (Å²) in [4.78, 5) is 25.7. The highest BCUT2D eigenvalue weighted by atomic mass is 16.4. The minimum Gasteiger partial charge on any atom is -0.481 e.